The van der Waals surface area contributed by atoms with Crippen LogP contribution in [0.5, 0.6) is 0 Å². The van der Waals surface area contributed by atoms with E-state index < -0.39 is 0 Å². The summed E-state index contributed by atoms with van der Waals surface area (Å²) in [6.07, 6.45) is 11.8. The van der Waals surface area contributed by atoms with Crippen molar-refractivity contribution in [3.63, 3.8) is 0 Å². The number of nitrogens with zero attached hydrogens (tertiary/aromatic N) is 1. The maximum Gasteiger partial charge on any atom is 0.162 e. The molecule has 2 nitrogen and oxygen atoms in total. The molecule has 0 spiro atoms. The van der Waals surface area contributed by atoms with Gasteiger partial charge in [0.1, 0.15) is 0 Å². The zero-order valence-corrected chi connectivity index (χ0v) is 16.0. The minimum Gasteiger partial charge on any atom is -0.294 e. The van der Waals surface area contributed by atoms with Gasteiger partial charge in [0.15, 0.2) is 5.78 Å². The smallest absolute Gasteiger partial charge is 0.162 e. The molecule has 2 rings (SSSR count). The van der Waals surface area contributed by atoms with Crippen LogP contribution in [0.15, 0.2) is 24.3 Å². The molecule has 1 aliphatic carbocycles. The normalized spacial score (nSPS) is 21.5. The molecule has 1 aromatic rings. The van der Waals surface area contributed by atoms with Crippen molar-refractivity contribution < 1.29 is 4.79 Å². The Kier molecular flexibility index (Phi) is 8.19. The lowest BCUT2D eigenvalue weighted by Gasteiger charge is -2.31. The lowest BCUT2D eigenvalue weighted by atomic mass is 9.73. The van der Waals surface area contributed by atoms with Gasteiger partial charge in [0.2, 0.25) is 0 Å². The largest absolute Gasteiger partial charge is 0.294 e. The van der Waals surface area contributed by atoms with E-state index in [2.05, 4.69) is 13.0 Å². The van der Waals surface area contributed by atoms with E-state index in [1.807, 2.05) is 31.2 Å². The molecule has 25 heavy (non-hydrogen) atoms. The maximum atomic E-state index is 11.7. The molecule has 1 aliphatic rings. The van der Waals surface area contributed by atoms with Gasteiger partial charge in [0, 0.05) is 12.0 Å². The number of nitriles is 1. The third-order valence-electron chi connectivity index (χ3n) is 5.89. The van der Waals surface area contributed by atoms with Crippen molar-refractivity contribution in [3.05, 3.63) is 35.4 Å². The van der Waals surface area contributed by atoms with Gasteiger partial charge in [0.25, 0.3) is 0 Å². The predicted octanol–water partition coefficient (Wildman–Crippen LogP) is 6.35. The van der Waals surface area contributed by atoms with Crippen LogP contribution < -0.4 is 0 Å². The van der Waals surface area contributed by atoms with Crippen molar-refractivity contribution in [2.24, 2.45) is 17.8 Å². The number of benzene rings is 1. The first-order valence-electron chi connectivity index (χ1n) is 10.2. The summed E-state index contributed by atoms with van der Waals surface area (Å²) < 4.78 is 0. The Labute approximate surface area is 153 Å². The predicted molar refractivity (Wildman–Crippen MR) is 103 cm³/mol. The highest BCUT2D eigenvalue weighted by Gasteiger charge is 2.27. The van der Waals surface area contributed by atoms with Crippen LogP contribution in [0.3, 0.4) is 0 Å². The first-order valence-corrected chi connectivity index (χ1v) is 10.2. The molecule has 0 bridgehead atoms. The number of hydrogen-bond acceptors (Lipinski definition) is 2. The van der Waals surface area contributed by atoms with Crippen LogP contribution in [0, 0.1) is 29.1 Å². The molecule has 2 heteroatoms. The number of Topliss-reactive ketones (excluding diaryl/α,β-unsaturated/α-hetero) is 1. The SMILES string of the molecule is CCCCC[C@H]1CC[C@H](C(C#N)Cc2ccc(C(=O)CC)cc2)CC1. The molecule has 1 atom stereocenters. The summed E-state index contributed by atoms with van der Waals surface area (Å²) in [6, 6.07) is 10.5. The number of unbranched alkanes of at least 4 members (excludes halogenated alkanes) is 2. The van der Waals surface area contributed by atoms with Gasteiger partial charge in [-0.3, -0.25) is 4.79 Å². The van der Waals surface area contributed by atoms with Gasteiger partial charge in [-0.15, -0.1) is 0 Å². The maximum absolute atomic E-state index is 11.7. The number of carbonyl (C=O) groups excluding carboxylic acids is 1. The Morgan fingerprint density at radius 1 is 1.12 bits per heavy atom. The van der Waals surface area contributed by atoms with Crippen molar-refractivity contribution in [2.75, 3.05) is 0 Å². The first-order chi connectivity index (χ1) is 12.2. The second kappa shape index (κ2) is 10.4. The molecule has 0 heterocycles. The Balaban J connectivity index is 1.84. The second-order valence-electron chi connectivity index (χ2n) is 7.69. The van der Waals surface area contributed by atoms with Crippen molar-refractivity contribution in [3.8, 4) is 6.07 Å². The van der Waals surface area contributed by atoms with Crippen LogP contribution in [0.4, 0.5) is 0 Å². The quantitative estimate of drug-likeness (QED) is 0.388. The van der Waals surface area contributed by atoms with Crippen LogP contribution >= 0.6 is 0 Å². The van der Waals surface area contributed by atoms with Crippen LogP contribution in [0.1, 0.15) is 87.6 Å². The van der Waals surface area contributed by atoms with Gasteiger partial charge in [-0.05, 0) is 36.7 Å². The number of rotatable bonds is 9. The molecule has 1 saturated carbocycles. The fourth-order valence-electron chi connectivity index (χ4n) is 4.16. The van der Waals surface area contributed by atoms with Crippen molar-refractivity contribution in [1.82, 2.24) is 0 Å². The number of ketones is 1. The molecule has 1 unspecified atom stereocenters. The van der Waals surface area contributed by atoms with Crippen LogP contribution in [0.25, 0.3) is 0 Å². The highest BCUT2D eigenvalue weighted by atomic mass is 16.1. The Hall–Kier alpha value is -1.62. The van der Waals surface area contributed by atoms with E-state index in [0.717, 1.165) is 17.9 Å². The molecule has 1 fully saturated rings. The van der Waals surface area contributed by atoms with Gasteiger partial charge in [0.05, 0.1) is 12.0 Å². The monoisotopic (exact) mass is 339 g/mol. The Bertz CT molecular complexity index is 561. The molecule has 0 aliphatic heterocycles. The highest BCUT2D eigenvalue weighted by Crippen LogP contribution is 2.36. The molecule has 0 N–H and O–H groups in total. The Morgan fingerprint density at radius 3 is 2.36 bits per heavy atom. The molecule has 0 radical (unpaired) electrons. The average molecular weight is 340 g/mol. The van der Waals surface area contributed by atoms with E-state index in [-0.39, 0.29) is 11.7 Å². The van der Waals surface area contributed by atoms with E-state index in [4.69, 9.17) is 0 Å². The molecule has 136 valence electrons. The van der Waals surface area contributed by atoms with Crippen LogP contribution in [-0.4, -0.2) is 5.78 Å². The van der Waals surface area contributed by atoms with Crippen molar-refractivity contribution >= 4 is 5.78 Å². The van der Waals surface area contributed by atoms with Gasteiger partial charge >= 0.3 is 0 Å². The zero-order chi connectivity index (χ0) is 18.1. The summed E-state index contributed by atoms with van der Waals surface area (Å²) in [4.78, 5) is 11.7. The molecule has 0 aromatic heterocycles. The standard InChI is InChI=1S/C23H33NO/c1-3-5-6-7-18-8-12-20(13-9-18)22(17-24)16-19-10-14-21(15-11-19)23(25)4-2/h10-11,14-15,18,20,22H,3-9,12-13,16H2,1-2H3/t18-,20-,22?. The summed E-state index contributed by atoms with van der Waals surface area (Å²) in [6.45, 7) is 4.15. The van der Waals surface area contributed by atoms with E-state index in [1.165, 1.54) is 56.9 Å². The van der Waals surface area contributed by atoms with Crippen molar-refractivity contribution in [2.45, 2.75) is 78.1 Å². The summed E-state index contributed by atoms with van der Waals surface area (Å²) >= 11 is 0. The van der Waals surface area contributed by atoms with Crippen LogP contribution in [0.2, 0.25) is 0 Å². The fraction of sp³-hybridized carbons (Fsp3) is 0.652. The van der Waals surface area contributed by atoms with Gasteiger partial charge in [-0.25, -0.2) is 0 Å². The molecule has 0 amide bonds. The lowest BCUT2D eigenvalue weighted by molar-refractivity contribution is 0.0988. The second-order valence-corrected chi connectivity index (χ2v) is 7.69. The summed E-state index contributed by atoms with van der Waals surface area (Å²) in [5.74, 6) is 1.74. The fourth-order valence-corrected chi connectivity index (χ4v) is 4.16. The zero-order valence-electron chi connectivity index (χ0n) is 16.0. The topological polar surface area (TPSA) is 40.9 Å². The van der Waals surface area contributed by atoms with E-state index in [9.17, 15) is 10.1 Å². The van der Waals surface area contributed by atoms with Crippen molar-refractivity contribution in [1.29, 1.82) is 5.26 Å². The van der Waals surface area contributed by atoms with Gasteiger partial charge < -0.3 is 0 Å². The lowest BCUT2D eigenvalue weighted by Crippen LogP contribution is -2.22. The minimum absolute atomic E-state index is 0.115. The molecular weight excluding hydrogens is 306 g/mol. The minimum atomic E-state index is 0.115. The van der Waals surface area contributed by atoms with E-state index in [0.29, 0.717) is 12.3 Å². The molecule has 1 aromatic carbocycles. The average Bonchev–Trinajstić information content (AvgIpc) is 2.67. The highest BCUT2D eigenvalue weighted by molar-refractivity contribution is 5.95. The third-order valence-corrected chi connectivity index (χ3v) is 5.89. The number of hydrogen-bond donors (Lipinski definition) is 0. The Morgan fingerprint density at radius 2 is 1.80 bits per heavy atom. The summed E-state index contributed by atoms with van der Waals surface area (Å²) in [7, 11) is 0. The number of carbonyl (C=O) groups is 1. The van der Waals surface area contributed by atoms with Gasteiger partial charge in [-0.2, -0.15) is 5.26 Å². The summed E-state index contributed by atoms with van der Waals surface area (Å²) in [5.41, 5.74) is 1.97. The molecule has 0 saturated heterocycles. The van der Waals surface area contributed by atoms with E-state index in [1.54, 1.807) is 0 Å². The first kappa shape index (κ1) is 19.7. The molecular formula is C23H33NO. The van der Waals surface area contributed by atoms with Crippen LogP contribution in [-0.2, 0) is 6.42 Å². The third kappa shape index (κ3) is 5.99. The van der Waals surface area contributed by atoms with Gasteiger partial charge in [-0.1, -0.05) is 76.6 Å². The summed E-state index contributed by atoms with van der Waals surface area (Å²) in [5, 5.41) is 9.66. The van der Waals surface area contributed by atoms with E-state index >= 15 is 0 Å².